The molecule has 0 saturated carbocycles. The maximum absolute atomic E-state index is 3.41. The van der Waals surface area contributed by atoms with Crippen LogP contribution in [0.25, 0.3) is 55.6 Å². The fraction of sp³-hybridized carbons (Fsp3) is 0.0465. The van der Waals surface area contributed by atoms with Gasteiger partial charge in [0, 0.05) is 126 Å². The predicted octanol–water partition coefficient (Wildman–Crippen LogP) is 21.1. The van der Waals surface area contributed by atoms with Gasteiger partial charge in [-0.25, -0.2) is 0 Å². The number of rotatable bonds is 9. The minimum Gasteiger partial charge on any atom is -0.504 e. The molecular weight excluding hydrogens is 1910 g/mol. The number of anilines is 12. The Kier molecular flexibility index (Phi) is 24.4. The van der Waals surface area contributed by atoms with Crippen LogP contribution in [-0.2, 0) is 80.4 Å². The second-order valence-corrected chi connectivity index (χ2v) is 23.2. The average molecular weight is 1980 g/mol. The largest absolute Gasteiger partial charge is 0.504 e. The second-order valence-electron chi connectivity index (χ2n) is 23.2. The van der Waals surface area contributed by atoms with Crippen LogP contribution in [0.3, 0.4) is 0 Å². The van der Waals surface area contributed by atoms with Crippen LogP contribution >= 0.6 is 0 Å². The summed E-state index contributed by atoms with van der Waals surface area (Å²) in [6, 6.07) is 123. The molecule has 0 aromatic heterocycles. The van der Waals surface area contributed by atoms with Gasteiger partial charge >= 0.3 is 0 Å². The molecule has 0 spiro atoms. The first kappa shape index (κ1) is 71.6. The van der Waals surface area contributed by atoms with Crippen molar-refractivity contribution in [1.29, 1.82) is 0 Å². The van der Waals surface area contributed by atoms with E-state index >= 15 is 0 Å². The third-order valence-corrected chi connectivity index (χ3v) is 17.1. The van der Waals surface area contributed by atoms with Crippen LogP contribution in [0.4, 0.5) is 68.2 Å². The topological polar surface area (TPSA) is 25.9 Å². The Morgan fingerprint density at radius 3 is 0.929 bits per heavy atom. The fourth-order valence-corrected chi connectivity index (χ4v) is 12.3. The van der Waals surface area contributed by atoms with Gasteiger partial charge in [-0.3, -0.25) is 0 Å². The van der Waals surface area contributed by atoms with Gasteiger partial charge in [0.05, 0.1) is 0 Å². The molecule has 0 aliphatic carbocycles. The first-order valence-corrected chi connectivity index (χ1v) is 31.5. The Morgan fingerprint density at radius 2 is 0.531 bits per heavy atom. The van der Waals surface area contributed by atoms with Gasteiger partial charge in [-0.05, 0) is 99.0 Å². The van der Waals surface area contributed by atoms with Gasteiger partial charge in [-0.15, -0.1) is 57.5 Å². The monoisotopic (exact) mass is 1980 g/mol. The zero-order valence-electron chi connectivity index (χ0n) is 54.2. The summed E-state index contributed by atoms with van der Waals surface area (Å²) in [4.78, 5) is 17.3. The summed E-state index contributed by atoms with van der Waals surface area (Å²) in [5.41, 5.74) is 25.9. The van der Waals surface area contributed by atoms with Gasteiger partial charge in [-0.2, -0.15) is 106 Å². The molecule has 0 amide bonds. The van der Waals surface area contributed by atoms with Crippen LogP contribution in [-0.4, -0.2) is 28.2 Å². The van der Waals surface area contributed by atoms with Crippen molar-refractivity contribution in [3.8, 4) is 55.6 Å². The van der Waals surface area contributed by atoms with Crippen molar-refractivity contribution in [3.63, 3.8) is 0 Å². The molecule has 12 heteroatoms. The minimum absolute atomic E-state index is 0. The summed E-state index contributed by atoms with van der Waals surface area (Å²) in [5.74, 6) is 0. The number of para-hydroxylation sites is 9. The molecule has 0 saturated heterocycles. The van der Waals surface area contributed by atoms with Crippen molar-refractivity contribution in [1.82, 2.24) is 0 Å². The Morgan fingerprint density at radius 1 is 0.224 bits per heavy atom. The molecular formula is C86H68Ir4N8-8. The molecule has 4 radical (unpaired) electrons. The Hall–Kier alpha value is -9.14. The van der Waals surface area contributed by atoms with Crippen LogP contribution < -0.4 is 39.2 Å². The summed E-state index contributed by atoms with van der Waals surface area (Å²) in [7, 11) is 8.28. The van der Waals surface area contributed by atoms with E-state index in [1.807, 2.05) is 48.5 Å². The van der Waals surface area contributed by atoms with Crippen LogP contribution in [0.1, 0.15) is 0 Å². The van der Waals surface area contributed by atoms with E-state index in [-0.39, 0.29) is 80.4 Å². The average Bonchev–Trinajstić information content (AvgIpc) is 1.61. The molecule has 13 aromatic carbocycles. The quantitative estimate of drug-likeness (QED) is 0.132. The van der Waals surface area contributed by atoms with E-state index in [2.05, 4.69) is 385 Å². The summed E-state index contributed by atoms with van der Waals surface area (Å²) in [6.45, 7) is 8.42. The van der Waals surface area contributed by atoms with Gasteiger partial charge in [0.1, 0.15) is 0 Å². The molecule has 0 bridgehead atoms. The van der Waals surface area contributed by atoms with E-state index in [4.69, 9.17) is 0 Å². The molecule has 0 N–H and O–H groups in total. The van der Waals surface area contributed by atoms with E-state index < -0.39 is 0 Å². The molecule has 4 aliphatic heterocycles. The normalized spacial score (nSPS) is 12.7. The van der Waals surface area contributed by atoms with E-state index in [0.717, 1.165) is 22.7 Å². The standard InChI is InChI=1S/C26H20N2.3C20H16N2.4Ir/c1-27-19-28(26-13-6-5-12-25(26)27)24-11-7-10-23(18-24)22-16-14-21(15-17-22)20-8-3-2-4-9-20;1-21-15-22(20-14-8-7-13-19(20)21)18-12-6-5-11-17(18)16-9-3-2-4-10-16;1-21-15-22(20-13-6-5-12-19(20)21)18-11-7-10-17(14-18)16-8-3-2-4-9-16;1-21-15-22(20-10-6-5-9-19(20)21)18-13-11-17(12-14-18)16-7-3-2-4-8-16;;;;/h2-10,12-19H,1H3;2-11,13-15H,1H3;2-10,12-15H,1H3;2-13,15H,1H3;;;;/q4*-2;;;;. The number of fused-ring (bicyclic) bond motifs is 4. The third kappa shape index (κ3) is 15.7. The van der Waals surface area contributed by atoms with Crippen molar-refractivity contribution >= 4 is 68.2 Å². The number of hydrogen-bond donors (Lipinski definition) is 0. The van der Waals surface area contributed by atoms with Gasteiger partial charge in [0.25, 0.3) is 0 Å². The van der Waals surface area contributed by atoms with Gasteiger partial charge in [0.15, 0.2) is 0 Å². The summed E-state index contributed by atoms with van der Waals surface area (Å²) in [5, 5.41) is 0. The van der Waals surface area contributed by atoms with Crippen LogP contribution in [0.5, 0.6) is 0 Å². The van der Waals surface area contributed by atoms with Crippen molar-refractivity contribution in [2.75, 3.05) is 67.4 Å². The molecule has 98 heavy (non-hydrogen) atoms. The molecule has 0 fully saturated rings. The first-order valence-electron chi connectivity index (χ1n) is 31.5. The fourth-order valence-electron chi connectivity index (χ4n) is 12.3. The molecule has 0 atom stereocenters. The first-order chi connectivity index (χ1) is 46.3. The van der Waals surface area contributed by atoms with Gasteiger partial charge < -0.3 is 39.2 Å². The summed E-state index contributed by atoms with van der Waals surface area (Å²) >= 11 is 0. The van der Waals surface area contributed by atoms with Gasteiger partial charge in [-0.1, -0.05) is 211 Å². The van der Waals surface area contributed by atoms with E-state index in [9.17, 15) is 0 Å². The van der Waals surface area contributed by atoms with E-state index in [1.54, 1.807) is 0 Å². The maximum Gasteiger partial charge on any atom is 0.0326 e. The summed E-state index contributed by atoms with van der Waals surface area (Å²) in [6.07, 6.45) is 0. The summed E-state index contributed by atoms with van der Waals surface area (Å²) < 4.78 is 0. The molecule has 4 heterocycles. The van der Waals surface area contributed by atoms with Crippen LogP contribution in [0.15, 0.2) is 315 Å². The Balaban J connectivity index is 0.000000140. The molecule has 13 aromatic rings. The Labute approximate surface area is 632 Å². The molecule has 8 nitrogen and oxygen atoms in total. The second kappa shape index (κ2) is 33.4. The number of hydrogen-bond acceptors (Lipinski definition) is 8. The zero-order valence-corrected chi connectivity index (χ0v) is 63.8. The van der Waals surface area contributed by atoms with E-state index in [1.165, 1.54) is 101 Å². The Bertz CT molecular complexity index is 4680. The van der Waals surface area contributed by atoms with Crippen LogP contribution in [0, 0.1) is 50.9 Å². The maximum atomic E-state index is 3.41. The zero-order chi connectivity index (χ0) is 63.7. The van der Waals surface area contributed by atoms with Crippen molar-refractivity contribution < 1.29 is 80.4 Å². The number of benzene rings is 13. The molecule has 0 unspecified atom stereocenters. The molecule has 17 rings (SSSR count). The van der Waals surface area contributed by atoms with Crippen molar-refractivity contribution in [3.05, 3.63) is 366 Å². The number of nitrogens with zero attached hydrogens (tertiary/aromatic N) is 8. The van der Waals surface area contributed by atoms with Crippen molar-refractivity contribution in [2.45, 2.75) is 0 Å². The van der Waals surface area contributed by atoms with Gasteiger partial charge in [0.2, 0.25) is 0 Å². The van der Waals surface area contributed by atoms with Crippen molar-refractivity contribution in [2.24, 2.45) is 0 Å². The third-order valence-electron chi connectivity index (χ3n) is 17.1. The molecule has 496 valence electrons. The van der Waals surface area contributed by atoms with E-state index in [0.29, 0.717) is 0 Å². The minimum atomic E-state index is 0. The predicted molar refractivity (Wildman–Crippen MR) is 393 cm³/mol. The smallest absolute Gasteiger partial charge is 0.0326 e. The van der Waals surface area contributed by atoms with Crippen LogP contribution in [0.2, 0.25) is 0 Å². The SMILES string of the molecule is CN1[CH-]N(c2[c-]cc(-c3ccccc3)cc2)c2ccccc21.CN1[CH-]N(c2[c-]ccc(-c3ccc(-c4ccccc4)cc3)c2)c2ccccc21.CN1[CH-]N(c2[c-]ccc(-c3ccccc3)c2)c2ccccc21.CN1[CH-]N(c2[c-]cccc2-c2ccccc2)c2ccccc21.[Ir].[Ir].[Ir].[Ir]. The molecule has 4 aliphatic rings.